The summed E-state index contributed by atoms with van der Waals surface area (Å²) in [4.78, 5) is 0. The lowest BCUT2D eigenvalue weighted by atomic mass is 9.47. The van der Waals surface area contributed by atoms with Gasteiger partial charge in [0.1, 0.15) is 0 Å². The molecule has 2 nitrogen and oxygen atoms in total. The van der Waals surface area contributed by atoms with Crippen molar-refractivity contribution in [2.75, 3.05) is 0 Å². The van der Waals surface area contributed by atoms with E-state index in [-0.39, 0.29) is 23.0 Å². The first-order valence-corrected chi connectivity index (χ1v) is 10.2. The second-order valence-corrected chi connectivity index (χ2v) is 8.62. The molecule has 0 heterocycles. The fraction of sp³-hybridized carbons (Fsp3) is 0.818. The number of hydrogen-bond acceptors (Lipinski definition) is 2. The molecule has 4 aliphatic carbocycles. The van der Waals surface area contributed by atoms with Crippen LogP contribution in [0.4, 0.5) is 0 Å². The van der Waals surface area contributed by atoms with Crippen LogP contribution in [0, 0.1) is 28.6 Å². The number of aliphatic hydroxyl groups is 2. The third-order valence-corrected chi connectivity index (χ3v) is 7.99. The normalized spacial score (nSPS) is 49.7. The van der Waals surface area contributed by atoms with Crippen molar-refractivity contribution in [3.05, 3.63) is 24.3 Å². The Kier molecular flexibility index (Phi) is 5.01. The van der Waals surface area contributed by atoms with Crippen LogP contribution in [-0.2, 0) is 0 Å². The molecule has 24 heavy (non-hydrogen) atoms. The van der Waals surface area contributed by atoms with E-state index in [1.165, 1.54) is 18.4 Å². The molecular weight excluding hydrogens is 296 g/mol. The van der Waals surface area contributed by atoms with Crippen molar-refractivity contribution in [1.29, 1.82) is 0 Å². The van der Waals surface area contributed by atoms with E-state index in [4.69, 9.17) is 0 Å². The molecule has 7 atom stereocenters. The number of allylic oxidation sites excluding steroid dienone is 2. The monoisotopic (exact) mass is 332 g/mol. The van der Waals surface area contributed by atoms with Gasteiger partial charge in [-0.1, -0.05) is 38.5 Å². The molecule has 7 unspecified atom stereocenters. The van der Waals surface area contributed by atoms with Crippen LogP contribution in [-0.4, -0.2) is 22.4 Å². The lowest BCUT2D eigenvalue weighted by Crippen LogP contribution is -2.51. The summed E-state index contributed by atoms with van der Waals surface area (Å²) in [5.41, 5.74) is 1.74. The van der Waals surface area contributed by atoms with Crippen LogP contribution in [0.25, 0.3) is 0 Å². The zero-order valence-electron chi connectivity index (χ0n) is 15.8. The van der Waals surface area contributed by atoms with Crippen molar-refractivity contribution < 1.29 is 10.2 Å². The van der Waals surface area contributed by atoms with Gasteiger partial charge < -0.3 is 10.2 Å². The lowest BCUT2D eigenvalue weighted by Gasteiger charge is -2.57. The van der Waals surface area contributed by atoms with E-state index in [0.29, 0.717) is 17.8 Å². The molecule has 0 bridgehead atoms. The molecule has 2 N–H and O–H groups in total. The molecule has 0 spiro atoms. The second-order valence-electron chi connectivity index (χ2n) is 8.62. The van der Waals surface area contributed by atoms with Gasteiger partial charge in [0.15, 0.2) is 0 Å². The molecule has 4 rings (SSSR count). The minimum atomic E-state index is -0.155. The zero-order valence-corrected chi connectivity index (χ0v) is 15.8. The van der Waals surface area contributed by atoms with Crippen molar-refractivity contribution in [2.24, 2.45) is 28.6 Å². The molecule has 2 heteroatoms. The maximum absolute atomic E-state index is 10.5. The zero-order chi connectivity index (χ0) is 17.5. The Balaban J connectivity index is 0.000000815. The molecule has 0 radical (unpaired) electrons. The van der Waals surface area contributed by atoms with E-state index in [1.807, 2.05) is 13.8 Å². The highest BCUT2D eigenvalue weighted by atomic mass is 16.3. The highest BCUT2D eigenvalue weighted by Crippen LogP contribution is 2.65. The van der Waals surface area contributed by atoms with Gasteiger partial charge in [0.2, 0.25) is 0 Å². The van der Waals surface area contributed by atoms with Gasteiger partial charge in [-0.15, -0.1) is 6.58 Å². The molecule has 136 valence electrons. The Morgan fingerprint density at radius 1 is 1.08 bits per heavy atom. The first kappa shape index (κ1) is 18.2. The average Bonchev–Trinajstić information content (AvgIpc) is 2.91. The van der Waals surface area contributed by atoms with Gasteiger partial charge in [-0.05, 0) is 74.5 Å². The minimum absolute atomic E-state index is 0.100. The van der Waals surface area contributed by atoms with Crippen LogP contribution in [0.2, 0.25) is 0 Å². The summed E-state index contributed by atoms with van der Waals surface area (Å²) in [5, 5.41) is 20.6. The molecule has 0 amide bonds. The third-order valence-electron chi connectivity index (χ3n) is 7.99. The van der Waals surface area contributed by atoms with Gasteiger partial charge >= 0.3 is 0 Å². The van der Waals surface area contributed by atoms with Crippen LogP contribution in [0.1, 0.15) is 72.1 Å². The second kappa shape index (κ2) is 6.61. The first-order valence-electron chi connectivity index (χ1n) is 10.2. The Labute approximate surface area is 148 Å². The van der Waals surface area contributed by atoms with Crippen LogP contribution in [0.3, 0.4) is 0 Å². The minimum Gasteiger partial charge on any atom is -0.393 e. The maximum atomic E-state index is 10.5. The van der Waals surface area contributed by atoms with Crippen LogP contribution in [0.15, 0.2) is 24.3 Å². The van der Waals surface area contributed by atoms with Gasteiger partial charge in [-0.2, -0.15) is 0 Å². The Morgan fingerprint density at radius 3 is 2.54 bits per heavy atom. The molecule has 0 aromatic heterocycles. The highest BCUT2D eigenvalue weighted by molar-refractivity contribution is 5.31. The van der Waals surface area contributed by atoms with E-state index in [0.717, 1.165) is 38.5 Å². The number of rotatable bonds is 1. The quantitative estimate of drug-likeness (QED) is 0.673. The topological polar surface area (TPSA) is 40.5 Å². The lowest BCUT2D eigenvalue weighted by molar-refractivity contribution is -0.0642. The van der Waals surface area contributed by atoms with Gasteiger partial charge in [-0.25, -0.2) is 0 Å². The molecule has 4 aliphatic rings. The standard InChI is InChI=1S/C20H30O2.C2H6/c1-3-20-11-8-14(21)12-13(20)4-5-15-16-6-7-18(22)19(16,2)10-9-17(15)20;1-2/h3-4,14-18,21-22H,1,5-12H2,2H3;1-2H3. The Morgan fingerprint density at radius 2 is 1.83 bits per heavy atom. The summed E-state index contributed by atoms with van der Waals surface area (Å²) < 4.78 is 0. The smallest absolute Gasteiger partial charge is 0.0596 e. The fourth-order valence-electron chi connectivity index (χ4n) is 6.70. The van der Waals surface area contributed by atoms with Crippen molar-refractivity contribution in [3.63, 3.8) is 0 Å². The van der Waals surface area contributed by atoms with Crippen molar-refractivity contribution >= 4 is 0 Å². The number of aliphatic hydroxyl groups excluding tert-OH is 2. The SMILES string of the molecule is C=CC12CCC(O)CC1=CCC1C2CCC2(C)C(O)CCC12.CC. The van der Waals surface area contributed by atoms with Gasteiger partial charge in [0.25, 0.3) is 0 Å². The summed E-state index contributed by atoms with van der Waals surface area (Å²) in [6.45, 7) is 10.6. The highest BCUT2D eigenvalue weighted by Gasteiger charge is 2.58. The molecule has 0 saturated heterocycles. The largest absolute Gasteiger partial charge is 0.393 e. The van der Waals surface area contributed by atoms with E-state index in [1.54, 1.807) is 0 Å². The molecule has 0 aliphatic heterocycles. The predicted molar refractivity (Wildman–Crippen MR) is 99.6 cm³/mol. The first-order chi connectivity index (χ1) is 11.5. The Hall–Kier alpha value is -0.600. The van der Waals surface area contributed by atoms with Crippen LogP contribution >= 0.6 is 0 Å². The summed E-state index contributed by atoms with van der Waals surface area (Å²) in [7, 11) is 0. The molecular formula is C22H36O2. The van der Waals surface area contributed by atoms with Gasteiger partial charge in [0, 0.05) is 5.41 Å². The van der Waals surface area contributed by atoms with Crippen molar-refractivity contribution in [2.45, 2.75) is 84.3 Å². The molecule has 0 aromatic carbocycles. The molecule has 0 aromatic rings. The summed E-state index contributed by atoms with van der Waals surface area (Å²) >= 11 is 0. The summed E-state index contributed by atoms with van der Waals surface area (Å²) in [5.74, 6) is 2.05. The van der Waals surface area contributed by atoms with Gasteiger partial charge in [0.05, 0.1) is 12.2 Å². The number of hydrogen-bond donors (Lipinski definition) is 2. The molecule has 3 saturated carbocycles. The van der Waals surface area contributed by atoms with Crippen LogP contribution in [0.5, 0.6) is 0 Å². The van der Waals surface area contributed by atoms with E-state index in [2.05, 4.69) is 25.7 Å². The third kappa shape index (κ3) is 2.44. The van der Waals surface area contributed by atoms with Crippen molar-refractivity contribution in [1.82, 2.24) is 0 Å². The summed E-state index contributed by atoms with van der Waals surface area (Å²) in [6, 6.07) is 0. The summed E-state index contributed by atoms with van der Waals surface area (Å²) in [6.07, 6.45) is 12.9. The van der Waals surface area contributed by atoms with Crippen molar-refractivity contribution in [3.8, 4) is 0 Å². The predicted octanol–water partition coefficient (Wildman–Crippen LogP) is 4.86. The average molecular weight is 333 g/mol. The van der Waals surface area contributed by atoms with E-state index in [9.17, 15) is 10.2 Å². The van der Waals surface area contributed by atoms with Crippen LogP contribution < -0.4 is 0 Å². The fourth-order valence-corrected chi connectivity index (χ4v) is 6.70. The van der Waals surface area contributed by atoms with E-state index >= 15 is 0 Å². The molecule has 3 fully saturated rings. The van der Waals surface area contributed by atoms with Gasteiger partial charge in [-0.3, -0.25) is 0 Å². The Bertz CT molecular complexity index is 510. The van der Waals surface area contributed by atoms with E-state index < -0.39 is 0 Å². The number of fused-ring (bicyclic) bond motifs is 5. The maximum Gasteiger partial charge on any atom is 0.0596 e.